The molecule has 2 saturated heterocycles. The zero-order valence-corrected chi connectivity index (χ0v) is 24.7. The number of aryl methyl sites for hydroxylation is 1. The minimum Gasteiger partial charge on any atom is -0.465 e. The Kier molecular flexibility index (Phi) is 7.46. The Morgan fingerprint density at radius 1 is 0.955 bits per heavy atom. The smallest absolute Gasteiger partial charge is 0.407 e. The summed E-state index contributed by atoms with van der Waals surface area (Å²) in [7, 11) is 0. The Hall–Kier alpha value is -4.43. The Balaban J connectivity index is 1.51. The number of furan rings is 1. The van der Waals surface area contributed by atoms with Crippen molar-refractivity contribution in [2.24, 2.45) is 0 Å². The number of piperidine rings is 2. The van der Waals surface area contributed by atoms with Gasteiger partial charge in [0.1, 0.15) is 22.7 Å². The molecular weight excluding hydrogens is 559 g/mol. The van der Waals surface area contributed by atoms with Crippen LogP contribution in [-0.2, 0) is 0 Å². The van der Waals surface area contributed by atoms with Crippen molar-refractivity contribution in [1.29, 1.82) is 0 Å². The van der Waals surface area contributed by atoms with E-state index in [0.29, 0.717) is 46.4 Å². The van der Waals surface area contributed by atoms with Crippen LogP contribution in [0.5, 0.6) is 0 Å². The number of likely N-dealkylation sites (tertiary alicyclic amines) is 2. The first kappa shape index (κ1) is 28.3. The molecule has 226 valence electrons. The van der Waals surface area contributed by atoms with Gasteiger partial charge in [-0.3, -0.25) is 0 Å². The third-order valence-corrected chi connectivity index (χ3v) is 9.54. The highest BCUT2D eigenvalue weighted by Gasteiger charge is 2.43. The van der Waals surface area contributed by atoms with Crippen molar-refractivity contribution in [2.45, 2.75) is 57.0 Å². The van der Waals surface area contributed by atoms with Gasteiger partial charge in [-0.05, 0) is 75.0 Å². The van der Waals surface area contributed by atoms with Crippen LogP contribution in [0.1, 0.15) is 54.9 Å². The summed E-state index contributed by atoms with van der Waals surface area (Å²) < 4.78 is 28.5. The molecule has 5 aromatic rings. The maximum Gasteiger partial charge on any atom is 0.407 e. The normalized spacial score (nSPS) is 20.3. The summed E-state index contributed by atoms with van der Waals surface area (Å²) in [5.74, 6) is -0.716. The fourth-order valence-electron chi connectivity index (χ4n) is 7.49. The summed E-state index contributed by atoms with van der Waals surface area (Å²) in [5.41, 5.74) is 3.07. The zero-order chi connectivity index (χ0) is 30.4. The van der Waals surface area contributed by atoms with Crippen molar-refractivity contribution in [3.63, 3.8) is 0 Å². The molecule has 0 spiro atoms. The molecule has 0 aliphatic carbocycles. The summed E-state index contributed by atoms with van der Waals surface area (Å²) in [6, 6.07) is 21.0. The predicted molar refractivity (Wildman–Crippen MR) is 168 cm³/mol. The molecule has 0 bridgehead atoms. The van der Waals surface area contributed by atoms with Crippen molar-refractivity contribution < 1.29 is 23.1 Å². The SMILES string of the molecule is Cc1cc(=O)oc2c1ccc1oc(C(c3ccccc3F)C3CC(N4CCCCC4)CCN3C(=O)O)c(-c3ccccc3)c12. The average molecular weight is 595 g/mol. The molecule has 1 N–H and O–H groups in total. The van der Waals surface area contributed by atoms with Crippen molar-refractivity contribution in [3.8, 4) is 11.1 Å². The van der Waals surface area contributed by atoms with Gasteiger partial charge in [-0.1, -0.05) is 55.0 Å². The number of amides is 1. The zero-order valence-electron chi connectivity index (χ0n) is 24.7. The van der Waals surface area contributed by atoms with Crippen LogP contribution in [-0.4, -0.2) is 52.7 Å². The number of benzene rings is 3. The lowest BCUT2D eigenvalue weighted by atomic mass is 9.79. The van der Waals surface area contributed by atoms with E-state index >= 15 is 4.39 Å². The van der Waals surface area contributed by atoms with E-state index in [2.05, 4.69) is 4.90 Å². The van der Waals surface area contributed by atoms with Crippen LogP contribution in [0, 0.1) is 12.7 Å². The largest absolute Gasteiger partial charge is 0.465 e. The van der Waals surface area contributed by atoms with Gasteiger partial charge in [-0.25, -0.2) is 14.0 Å². The molecule has 3 atom stereocenters. The number of halogens is 1. The number of carbonyl (C=O) groups is 1. The van der Waals surface area contributed by atoms with E-state index in [0.717, 1.165) is 48.9 Å². The van der Waals surface area contributed by atoms with Crippen LogP contribution in [0.4, 0.5) is 9.18 Å². The lowest BCUT2D eigenvalue weighted by Gasteiger charge is -2.46. The lowest BCUT2D eigenvalue weighted by molar-refractivity contribution is 0.0464. The Morgan fingerprint density at radius 2 is 1.70 bits per heavy atom. The fraction of sp³-hybridized carbons (Fsp3) is 0.333. The second-order valence-corrected chi connectivity index (χ2v) is 12.1. The van der Waals surface area contributed by atoms with Crippen molar-refractivity contribution in [1.82, 2.24) is 9.80 Å². The molecule has 2 aliphatic heterocycles. The van der Waals surface area contributed by atoms with E-state index < -0.39 is 29.5 Å². The van der Waals surface area contributed by atoms with Crippen molar-refractivity contribution in [3.05, 3.63) is 106 Å². The van der Waals surface area contributed by atoms with E-state index in [-0.39, 0.29) is 6.04 Å². The van der Waals surface area contributed by atoms with Crippen molar-refractivity contribution >= 4 is 28.0 Å². The summed E-state index contributed by atoms with van der Waals surface area (Å²) in [6.45, 7) is 4.19. The molecule has 2 aliphatic rings. The molecule has 3 aromatic carbocycles. The number of hydrogen-bond donors (Lipinski definition) is 1. The molecule has 44 heavy (non-hydrogen) atoms. The van der Waals surface area contributed by atoms with Gasteiger partial charge in [0.25, 0.3) is 0 Å². The molecular formula is C36H35FN2O5. The highest BCUT2D eigenvalue weighted by Crippen LogP contribution is 2.47. The summed E-state index contributed by atoms with van der Waals surface area (Å²) >= 11 is 0. The highest BCUT2D eigenvalue weighted by atomic mass is 19.1. The summed E-state index contributed by atoms with van der Waals surface area (Å²) in [5, 5.41) is 11.9. The second-order valence-electron chi connectivity index (χ2n) is 12.1. The predicted octanol–water partition coefficient (Wildman–Crippen LogP) is 7.78. The van der Waals surface area contributed by atoms with Gasteiger partial charge < -0.3 is 23.7 Å². The molecule has 2 aromatic heterocycles. The first-order valence-corrected chi connectivity index (χ1v) is 15.4. The van der Waals surface area contributed by atoms with Gasteiger partial charge in [-0.15, -0.1) is 0 Å². The number of nitrogens with zero attached hydrogens (tertiary/aromatic N) is 2. The minimum atomic E-state index is -1.03. The summed E-state index contributed by atoms with van der Waals surface area (Å²) in [4.78, 5) is 29.4. The Morgan fingerprint density at radius 3 is 2.45 bits per heavy atom. The van der Waals surface area contributed by atoms with Gasteiger partial charge >= 0.3 is 11.7 Å². The van der Waals surface area contributed by atoms with E-state index in [1.165, 1.54) is 23.5 Å². The quantitative estimate of drug-likeness (QED) is 0.209. The first-order chi connectivity index (χ1) is 21.4. The van der Waals surface area contributed by atoms with Gasteiger partial charge in [0.05, 0.1) is 17.3 Å². The van der Waals surface area contributed by atoms with Crippen LogP contribution in [0.2, 0.25) is 0 Å². The maximum atomic E-state index is 15.9. The van der Waals surface area contributed by atoms with Crippen LogP contribution < -0.4 is 5.63 Å². The molecule has 0 radical (unpaired) electrons. The Labute approximate surface area is 254 Å². The van der Waals surface area contributed by atoms with Crippen LogP contribution in [0.15, 0.2) is 86.4 Å². The van der Waals surface area contributed by atoms with Crippen LogP contribution in [0.3, 0.4) is 0 Å². The molecule has 2 fully saturated rings. The van der Waals surface area contributed by atoms with Gasteiger partial charge in [0.15, 0.2) is 0 Å². The highest BCUT2D eigenvalue weighted by molar-refractivity contribution is 6.11. The molecule has 7 nitrogen and oxygen atoms in total. The molecule has 0 saturated carbocycles. The minimum absolute atomic E-state index is 0.177. The first-order valence-electron chi connectivity index (χ1n) is 15.4. The van der Waals surface area contributed by atoms with Gasteiger partial charge in [-0.2, -0.15) is 0 Å². The third-order valence-electron chi connectivity index (χ3n) is 9.54. The molecule has 3 unspecified atom stereocenters. The Bertz CT molecular complexity index is 1890. The average Bonchev–Trinajstić information content (AvgIpc) is 3.42. The standard InChI is InChI=1S/C36H35FN2O5/c1-22-20-30(40)44-34-25(22)14-15-29-33(34)31(23-10-4-2-5-11-23)35(43-29)32(26-12-6-7-13-27(26)37)28-21-24(16-19-39(28)36(41)42)38-17-8-3-9-18-38/h2,4-7,10-15,20,24,28,32H,3,8-9,16-19,21H2,1H3,(H,41,42). The van der Waals surface area contributed by atoms with Crippen LogP contribution in [0.25, 0.3) is 33.1 Å². The van der Waals surface area contributed by atoms with Gasteiger partial charge in [0, 0.05) is 35.2 Å². The fourth-order valence-corrected chi connectivity index (χ4v) is 7.49. The monoisotopic (exact) mass is 594 g/mol. The molecule has 8 heteroatoms. The van der Waals surface area contributed by atoms with Crippen LogP contribution >= 0.6 is 0 Å². The van der Waals surface area contributed by atoms with E-state index in [9.17, 15) is 14.7 Å². The lowest BCUT2D eigenvalue weighted by Crippen LogP contribution is -2.54. The number of hydrogen-bond acceptors (Lipinski definition) is 5. The maximum absolute atomic E-state index is 15.9. The molecule has 4 heterocycles. The number of carboxylic acid groups (broad SMARTS) is 1. The summed E-state index contributed by atoms with van der Waals surface area (Å²) in [6.07, 6.45) is 3.70. The third kappa shape index (κ3) is 4.97. The molecule has 7 rings (SSSR count). The second kappa shape index (κ2) is 11.6. The van der Waals surface area contributed by atoms with E-state index in [4.69, 9.17) is 8.83 Å². The molecule has 1 amide bonds. The van der Waals surface area contributed by atoms with E-state index in [1.54, 1.807) is 18.2 Å². The number of fused-ring (bicyclic) bond motifs is 3. The topological polar surface area (TPSA) is 87.1 Å². The van der Waals surface area contributed by atoms with Gasteiger partial charge in [0.2, 0.25) is 0 Å². The van der Waals surface area contributed by atoms with E-state index in [1.807, 2.05) is 49.4 Å². The number of rotatable bonds is 5. The van der Waals surface area contributed by atoms with Crippen molar-refractivity contribution in [2.75, 3.05) is 19.6 Å².